The van der Waals surface area contributed by atoms with E-state index in [1.54, 1.807) is 7.11 Å². The van der Waals surface area contributed by atoms with Crippen molar-refractivity contribution in [1.82, 2.24) is 0 Å². The summed E-state index contributed by atoms with van der Waals surface area (Å²) < 4.78 is 29.3. The molecule has 21 heavy (non-hydrogen) atoms. The van der Waals surface area contributed by atoms with Crippen molar-refractivity contribution in [2.75, 3.05) is 46.8 Å². The van der Waals surface area contributed by atoms with E-state index in [0.29, 0.717) is 26.4 Å². The molecule has 5 nitrogen and oxygen atoms in total. The van der Waals surface area contributed by atoms with Crippen LogP contribution >= 0.6 is 0 Å². The molecule has 1 heterocycles. The Morgan fingerprint density at radius 3 is 1.81 bits per heavy atom. The summed E-state index contributed by atoms with van der Waals surface area (Å²) >= 11 is 0. The molecule has 126 valence electrons. The molecule has 0 radical (unpaired) electrons. The van der Waals surface area contributed by atoms with Gasteiger partial charge in [-0.25, -0.2) is 0 Å². The highest BCUT2D eigenvalue weighted by Crippen LogP contribution is 2.50. The van der Waals surface area contributed by atoms with Gasteiger partial charge in [0.1, 0.15) is 0 Å². The van der Waals surface area contributed by atoms with Gasteiger partial charge in [0.25, 0.3) is 0 Å². The van der Waals surface area contributed by atoms with Crippen LogP contribution in [-0.2, 0) is 22.8 Å². The van der Waals surface area contributed by atoms with Crippen molar-refractivity contribution in [3.8, 4) is 0 Å². The maximum absolute atomic E-state index is 6.14. The van der Waals surface area contributed by atoms with Crippen molar-refractivity contribution in [2.24, 2.45) is 5.41 Å². The second kappa shape index (κ2) is 9.22. The molecule has 0 aromatic rings. The minimum absolute atomic E-state index is 0.101. The minimum atomic E-state index is -2.75. The summed E-state index contributed by atoms with van der Waals surface area (Å²) in [5.74, 6) is 0. The third kappa shape index (κ3) is 4.27. The maximum Gasteiger partial charge on any atom is 0.505 e. The number of rotatable bonds is 12. The fourth-order valence-electron chi connectivity index (χ4n) is 3.14. The van der Waals surface area contributed by atoms with E-state index in [-0.39, 0.29) is 11.0 Å². The molecular weight excluding hydrogens is 288 g/mol. The van der Waals surface area contributed by atoms with Gasteiger partial charge in [-0.1, -0.05) is 6.92 Å². The fraction of sp³-hybridized carbons (Fsp3) is 1.00. The molecule has 1 aliphatic rings. The molecule has 0 spiro atoms. The second-order valence-electron chi connectivity index (χ2n) is 5.45. The van der Waals surface area contributed by atoms with E-state index in [2.05, 4.69) is 6.92 Å². The number of methoxy groups -OCH3 is 1. The van der Waals surface area contributed by atoms with E-state index in [0.717, 1.165) is 26.1 Å². The summed E-state index contributed by atoms with van der Waals surface area (Å²) in [6.07, 6.45) is 1.93. The molecule has 1 rings (SSSR count). The summed E-state index contributed by atoms with van der Waals surface area (Å²) in [6, 6.07) is 0. The zero-order valence-corrected chi connectivity index (χ0v) is 15.3. The average Bonchev–Trinajstić information content (AvgIpc) is 2.42. The highest BCUT2D eigenvalue weighted by molar-refractivity contribution is 6.62. The molecule has 1 aliphatic heterocycles. The van der Waals surface area contributed by atoms with E-state index < -0.39 is 8.80 Å². The van der Waals surface area contributed by atoms with Crippen LogP contribution in [0.4, 0.5) is 0 Å². The van der Waals surface area contributed by atoms with Crippen LogP contribution < -0.4 is 0 Å². The SMILES string of the molecule is CCO[Si](OCC)(OCC)C(CCOC)C1(CC)COC1. The third-order valence-electron chi connectivity index (χ3n) is 4.30. The Bertz CT molecular complexity index is 261. The maximum atomic E-state index is 6.14. The normalized spacial score (nSPS) is 19.3. The minimum Gasteiger partial charge on any atom is -0.385 e. The van der Waals surface area contributed by atoms with Gasteiger partial charge in [0.15, 0.2) is 0 Å². The summed E-state index contributed by atoms with van der Waals surface area (Å²) in [7, 11) is -1.01. The Morgan fingerprint density at radius 2 is 1.52 bits per heavy atom. The van der Waals surface area contributed by atoms with Crippen LogP contribution in [0.3, 0.4) is 0 Å². The lowest BCUT2D eigenvalue weighted by Crippen LogP contribution is -2.60. The first-order valence-electron chi connectivity index (χ1n) is 8.13. The van der Waals surface area contributed by atoms with Crippen molar-refractivity contribution in [3.63, 3.8) is 0 Å². The Kier molecular flexibility index (Phi) is 8.37. The van der Waals surface area contributed by atoms with Crippen LogP contribution in [-0.4, -0.2) is 55.6 Å². The molecule has 0 aromatic carbocycles. The predicted octanol–water partition coefficient (Wildman–Crippen LogP) is 2.87. The van der Waals surface area contributed by atoms with E-state index in [9.17, 15) is 0 Å². The van der Waals surface area contributed by atoms with Gasteiger partial charge in [-0.15, -0.1) is 0 Å². The highest BCUT2D eigenvalue weighted by atomic mass is 28.4. The molecule has 1 saturated heterocycles. The monoisotopic (exact) mass is 320 g/mol. The van der Waals surface area contributed by atoms with Gasteiger partial charge in [-0.2, -0.15) is 0 Å². The van der Waals surface area contributed by atoms with Gasteiger partial charge in [-0.3, -0.25) is 0 Å². The van der Waals surface area contributed by atoms with E-state index in [4.69, 9.17) is 22.8 Å². The Morgan fingerprint density at radius 1 is 1.00 bits per heavy atom. The molecule has 0 amide bonds. The summed E-state index contributed by atoms with van der Waals surface area (Å²) in [5.41, 5.74) is 0.327. The Hall–Kier alpha value is 0.0169. The van der Waals surface area contributed by atoms with Gasteiger partial charge < -0.3 is 22.8 Å². The molecule has 0 aromatic heterocycles. The van der Waals surface area contributed by atoms with Crippen molar-refractivity contribution < 1.29 is 22.8 Å². The second-order valence-corrected chi connectivity index (χ2v) is 8.22. The topological polar surface area (TPSA) is 46.2 Å². The third-order valence-corrected chi connectivity index (χ3v) is 8.12. The molecular formula is C15H32O5Si. The molecule has 0 saturated carbocycles. The van der Waals surface area contributed by atoms with Crippen LogP contribution in [0.15, 0.2) is 0 Å². The average molecular weight is 321 g/mol. The van der Waals surface area contributed by atoms with Gasteiger partial charge in [0.05, 0.1) is 13.2 Å². The van der Waals surface area contributed by atoms with Crippen molar-refractivity contribution >= 4 is 8.80 Å². The fourth-order valence-corrected chi connectivity index (χ4v) is 6.79. The smallest absolute Gasteiger partial charge is 0.385 e. The molecule has 1 atom stereocenters. The first-order valence-corrected chi connectivity index (χ1v) is 9.93. The summed E-state index contributed by atoms with van der Waals surface area (Å²) in [4.78, 5) is 0. The summed E-state index contributed by atoms with van der Waals surface area (Å²) in [5, 5.41) is 0. The zero-order valence-electron chi connectivity index (χ0n) is 14.3. The van der Waals surface area contributed by atoms with Crippen LogP contribution in [0, 0.1) is 5.41 Å². The van der Waals surface area contributed by atoms with E-state index in [1.807, 2.05) is 20.8 Å². The van der Waals surface area contributed by atoms with Gasteiger partial charge >= 0.3 is 8.80 Å². The van der Waals surface area contributed by atoms with E-state index in [1.165, 1.54) is 0 Å². The molecule has 1 fully saturated rings. The lowest BCUT2D eigenvalue weighted by molar-refractivity contribution is -0.135. The first-order chi connectivity index (χ1) is 10.1. The quantitative estimate of drug-likeness (QED) is 0.517. The zero-order chi connectivity index (χ0) is 15.8. The largest absolute Gasteiger partial charge is 0.505 e. The van der Waals surface area contributed by atoms with Crippen molar-refractivity contribution in [2.45, 2.75) is 46.1 Å². The highest BCUT2D eigenvalue weighted by Gasteiger charge is 2.60. The van der Waals surface area contributed by atoms with Crippen LogP contribution in [0.25, 0.3) is 0 Å². The lowest BCUT2D eigenvalue weighted by atomic mass is 9.78. The van der Waals surface area contributed by atoms with Crippen LogP contribution in [0.1, 0.15) is 40.5 Å². The molecule has 0 aliphatic carbocycles. The van der Waals surface area contributed by atoms with Crippen LogP contribution in [0.2, 0.25) is 5.54 Å². The lowest BCUT2D eigenvalue weighted by Gasteiger charge is -2.51. The standard InChI is InChI=1S/C15H32O5Si/c1-6-15(12-17-13-15)14(10-11-16-5)21(18-7-2,19-8-3)20-9-4/h14H,6-13H2,1-5H3. The van der Waals surface area contributed by atoms with E-state index >= 15 is 0 Å². The van der Waals surface area contributed by atoms with Gasteiger partial charge in [-0.05, 0) is 33.6 Å². The Balaban J connectivity index is 3.07. The van der Waals surface area contributed by atoms with Gasteiger partial charge in [0, 0.05) is 44.5 Å². The van der Waals surface area contributed by atoms with Crippen molar-refractivity contribution in [3.05, 3.63) is 0 Å². The van der Waals surface area contributed by atoms with Crippen molar-refractivity contribution in [1.29, 1.82) is 0 Å². The summed E-state index contributed by atoms with van der Waals surface area (Å²) in [6.45, 7) is 12.3. The predicted molar refractivity (Wildman–Crippen MR) is 84.4 cm³/mol. The molecule has 0 N–H and O–H groups in total. The number of hydrogen-bond donors (Lipinski definition) is 0. The molecule has 0 bridgehead atoms. The number of ether oxygens (including phenoxy) is 2. The molecule has 1 unspecified atom stereocenters. The van der Waals surface area contributed by atoms with Crippen LogP contribution in [0.5, 0.6) is 0 Å². The number of hydrogen-bond acceptors (Lipinski definition) is 5. The van der Waals surface area contributed by atoms with Gasteiger partial charge in [0.2, 0.25) is 0 Å². The first kappa shape index (κ1) is 19.1. The molecule has 6 heteroatoms. The Labute approximate surface area is 130 Å².